The first kappa shape index (κ1) is 11.0. The molecular weight excluding hydrogens is 202 g/mol. The summed E-state index contributed by atoms with van der Waals surface area (Å²) in [6.07, 6.45) is 2.19. The molecule has 1 aromatic carbocycles. The molecule has 1 saturated carbocycles. The van der Waals surface area contributed by atoms with E-state index in [2.05, 4.69) is 5.32 Å². The van der Waals surface area contributed by atoms with Crippen molar-refractivity contribution in [2.45, 2.75) is 25.4 Å². The van der Waals surface area contributed by atoms with Crippen LogP contribution in [0.4, 0.5) is 10.5 Å². The predicted molar refractivity (Wildman–Crippen MR) is 64.3 cm³/mol. The first-order chi connectivity index (χ1) is 7.72. The van der Waals surface area contributed by atoms with Gasteiger partial charge in [0.25, 0.3) is 0 Å². The number of benzene rings is 1. The molecule has 1 aromatic rings. The summed E-state index contributed by atoms with van der Waals surface area (Å²) in [6.45, 7) is 0.442. The van der Waals surface area contributed by atoms with E-state index in [9.17, 15) is 4.79 Å². The maximum absolute atomic E-state index is 11.8. The molecule has 1 fully saturated rings. The number of carbonyl (C=O) groups is 1. The van der Waals surface area contributed by atoms with Gasteiger partial charge in [0.15, 0.2) is 0 Å². The second-order valence-electron chi connectivity index (χ2n) is 4.12. The summed E-state index contributed by atoms with van der Waals surface area (Å²) < 4.78 is 0. The van der Waals surface area contributed by atoms with Crippen LogP contribution < -0.4 is 16.0 Å². The monoisotopic (exact) mass is 219 g/mol. The number of nitrogens with two attached hydrogens (primary N) is 1. The van der Waals surface area contributed by atoms with Gasteiger partial charge in [-0.15, -0.1) is 0 Å². The minimum absolute atomic E-state index is 0.0524. The van der Waals surface area contributed by atoms with Crippen LogP contribution in [0.3, 0.4) is 0 Å². The van der Waals surface area contributed by atoms with Crippen LogP contribution in [-0.2, 0) is 6.54 Å². The highest BCUT2D eigenvalue weighted by Gasteiger charge is 2.25. The number of rotatable bonds is 3. The average molecular weight is 219 g/mol. The zero-order valence-electron chi connectivity index (χ0n) is 9.44. The van der Waals surface area contributed by atoms with Gasteiger partial charge < -0.3 is 11.1 Å². The summed E-state index contributed by atoms with van der Waals surface area (Å²) in [7, 11) is 1.77. The summed E-state index contributed by atoms with van der Waals surface area (Å²) in [6, 6.07) is 8.02. The quantitative estimate of drug-likeness (QED) is 0.808. The number of nitrogens with one attached hydrogen (secondary N) is 1. The Morgan fingerprint density at radius 3 is 2.81 bits per heavy atom. The third-order valence-electron chi connectivity index (χ3n) is 2.78. The SMILES string of the molecule is CN(C(=O)NC1CC1)c1ccccc1CN. The maximum atomic E-state index is 11.8. The van der Waals surface area contributed by atoms with Crippen LogP contribution in [0.15, 0.2) is 24.3 Å². The van der Waals surface area contributed by atoms with E-state index in [-0.39, 0.29) is 6.03 Å². The fourth-order valence-corrected chi connectivity index (χ4v) is 1.62. The van der Waals surface area contributed by atoms with Crippen molar-refractivity contribution in [3.63, 3.8) is 0 Å². The summed E-state index contributed by atoms with van der Waals surface area (Å²) in [5.74, 6) is 0. The van der Waals surface area contributed by atoms with E-state index in [1.807, 2.05) is 24.3 Å². The van der Waals surface area contributed by atoms with Gasteiger partial charge in [-0.1, -0.05) is 18.2 Å². The number of para-hydroxylation sites is 1. The van der Waals surface area contributed by atoms with Crippen LogP contribution in [-0.4, -0.2) is 19.1 Å². The zero-order valence-corrected chi connectivity index (χ0v) is 9.44. The molecule has 1 aliphatic rings. The van der Waals surface area contributed by atoms with Crippen LogP contribution in [0.5, 0.6) is 0 Å². The Bertz CT molecular complexity index is 388. The lowest BCUT2D eigenvalue weighted by molar-refractivity contribution is 0.247. The molecule has 86 valence electrons. The predicted octanol–water partition coefficient (Wildman–Crippen LogP) is 1.45. The van der Waals surface area contributed by atoms with E-state index in [4.69, 9.17) is 5.73 Å². The van der Waals surface area contributed by atoms with Crippen LogP contribution >= 0.6 is 0 Å². The summed E-state index contributed by atoms with van der Waals surface area (Å²) in [5.41, 5.74) is 7.50. The molecule has 0 spiro atoms. The number of anilines is 1. The van der Waals surface area contributed by atoms with Gasteiger partial charge in [0.05, 0.1) is 0 Å². The third-order valence-corrected chi connectivity index (χ3v) is 2.78. The maximum Gasteiger partial charge on any atom is 0.321 e. The van der Waals surface area contributed by atoms with Crippen molar-refractivity contribution in [3.05, 3.63) is 29.8 Å². The summed E-state index contributed by atoms with van der Waals surface area (Å²) in [4.78, 5) is 13.5. The van der Waals surface area contributed by atoms with E-state index < -0.39 is 0 Å². The van der Waals surface area contributed by atoms with E-state index in [1.54, 1.807) is 11.9 Å². The Morgan fingerprint density at radius 1 is 1.50 bits per heavy atom. The molecule has 0 heterocycles. The van der Waals surface area contributed by atoms with Crippen molar-refractivity contribution in [2.24, 2.45) is 5.73 Å². The van der Waals surface area contributed by atoms with Gasteiger partial charge in [0.1, 0.15) is 0 Å². The molecule has 16 heavy (non-hydrogen) atoms. The van der Waals surface area contributed by atoms with Gasteiger partial charge in [0.2, 0.25) is 0 Å². The van der Waals surface area contributed by atoms with Crippen molar-refractivity contribution < 1.29 is 4.79 Å². The van der Waals surface area contributed by atoms with Crippen molar-refractivity contribution in [2.75, 3.05) is 11.9 Å². The molecule has 0 saturated heterocycles. The topological polar surface area (TPSA) is 58.4 Å². The van der Waals surface area contributed by atoms with Crippen molar-refractivity contribution in [1.29, 1.82) is 0 Å². The molecule has 4 heteroatoms. The van der Waals surface area contributed by atoms with Gasteiger partial charge >= 0.3 is 6.03 Å². The highest BCUT2D eigenvalue weighted by molar-refractivity contribution is 5.92. The smallest absolute Gasteiger partial charge is 0.321 e. The lowest BCUT2D eigenvalue weighted by atomic mass is 10.1. The van der Waals surface area contributed by atoms with E-state index in [0.29, 0.717) is 12.6 Å². The molecule has 3 N–H and O–H groups in total. The van der Waals surface area contributed by atoms with Crippen molar-refractivity contribution >= 4 is 11.7 Å². The fraction of sp³-hybridized carbons (Fsp3) is 0.417. The van der Waals surface area contributed by atoms with Crippen LogP contribution in [0, 0.1) is 0 Å². The van der Waals surface area contributed by atoms with Gasteiger partial charge in [0, 0.05) is 25.3 Å². The first-order valence-corrected chi connectivity index (χ1v) is 5.54. The Hall–Kier alpha value is -1.55. The molecule has 0 aliphatic heterocycles. The molecule has 4 nitrogen and oxygen atoms in total. The van der Waals surface area contributed by atoms with E-state index in [1.165, 1.54) is 0 Å². The first-order valence-electron chi connectivity index (χ1n) is 5.54. The molecule has 1 aliphatic carbocycles. The van der Waals surface area contributed by atoms with Crippen LogP contribution in [0.2, 0.25) is 0 Å². The highest BCUT2D eigenvalue weighted by Crippen LogP contribution is 2.22. The third kappa shape index (κ3) is 2.33. The minimum Gasteiger partial charge on any atom is -0.335 e. The van der Waals surface area contributed by atoms with Gasteiger partial charge in [-0.05, 0) is 24.5 Å². The Morgan fingerprint density at radius 2 is 2.19 bits per heavy atom. The van der Waals surface area contributed by atoms with Gasteiger partial charge in [-0.25, -0.2) is 4.79 Å². The van der Waals surface area contributed by atoms with E-state index >= 15 is 0 Å². The van der Waals surface area contributed by atoms with Crippen molar-refractivity contribution in [3.8, 4) is 0 Å². The number of amides is 2. The van der Waals surface area contributed by atoms with Crippen LogP contribution in [0.25, 0.3) is 0 Å². The summed E-state index contributed by atoms with van der Waals surface area (Å²) >= 11 is 0. The Balaban J connectivity index is 2.11. The fourth-order valence-electron chi connectivity index (χ4n) is 1.62. The molecule has 0 atom stereocenters. The minimum atomic E-state index is -0.0524. The zero-order chi connectivity index (χ0) is 11.5. The van der Waals surface area contributed by atoms with Gasteiger partial charge in [-0.2, -0.15) is 0 Å². The lowest BCUT2D eigenvalue weighted by Gasteiger charge is -2.20. The number of hydrogen-bond acceptors (Lipinski definition) is 2. The van der Waals surface area contributed by atoms with Gasteiger partial charge in [-0.3, -0.25) is 4.90 Å². The Kier molecular flexibility index (Phi) is 3.10. The number of nitrogens with zero attached hydrogens (tertiary/aromatic N) is 1. The average Bonchev–Trinajstić information content (AvgIpc) is 3.11. The molecular formula is C12H17N3O. The highest BCUT2D eigenvalue weighted by atomic mass is 16.2. The largest absolute Gasteiger partial charge is 0.335 e. The number of urea groups is 1. The molecule has 0 radical (unpaired) electrons. The second kappa shape index (κ2) is 4.53. The van der Waals surface area contributed by atoms with Crippen LogP contribution in [0.1, 0.15) is 18.4 Å². The molecule has 0 unspecified atom stereocenters. The number of hydrogen-bond donors (Lipinski definition) is 2. The standard InChI is InChI=1S/C12H17N3O/c1-15(12(16)14-10-6-7-10)11-5-3-2-4-9(11)8-13/h2-5,10H,6-8,13H2,1H3,(H,14,16). The molecule has 0 bridgehead atoms. The normalized spacial score (nSPS) is 14.6. The second-order valence-corrected chi connectivity index (χ2v) is 4.12. The van der Waals surface area contributed by atoms with Crippen molar-refractivity contribution in [1.82, 2.24) is 5.32 Å². The van der Waals surface area contributed by atoms with E-state index in [0.717, 1.165) is 24.1 Å². The number of carbonyl (C=O) groups excluding carboxylic acids is 1. The molecule has 2 rings (SSSR count). The Labute approximate surface area is 95.4 Å². The molecule has 2 amide bonds. The lowest BCUT2D eigenvalue weighted by Crippen LogP contribution is -2.39. The summed E-state index contributed by atoms with van der Waals surface area (Å²) in [5, 5.41) is 2.95. The molecule has 0 aromatic heterocycles.